The van der Waals surface area contributed by atoms with Crippen molar-refractivity contribution in [1.82, 2.24) is 4.98 Å². The number of hydrogen-bond acceptors (Lipinski definition) is 1. The Morgan fingerprint density at radius 1 is 1.70 bits per heavy atom. The van der Waals surface area contributed by atoms with E-state index in [0.717, 1.165) is 22.8 Å². The second-order valence-electron chi connectivity index (χ2n) is 2.31. The number of aryl methyl sites for hydroxylation is 1. The molecule has 56 valence electrons. The van der Waals surface area contributed by atoms with Gasteiger partial charge in [0.05, 0.1) is 5.02 Å². The van der Waals surface area contributed by atoms with E-state index >= 15 is 0 Å². The predicted octanol–water partition coefficient (Wildman–Crippen LogP) is 1.48. The van der Waals surface area contributed by atoms with Crippen LogP contribution in [0, 0.1) is 6.92 Å². The summed E-state index contributed by atoms with van der Waals surface area (Å²) in [7, 11) is 0. The zero-order chi connectivity index (χ0) is 7.56. The maximum Gasteiger partial charge on any atom is 0.0612 e. The summed E-state index contributed by atoms with van der Waals surface area (Å²) in [5.74, 6) is 0. The molecule has 1 heterocycles. The monoisotopic (exact) mass is 158 g/mol. The Labute approximate surface area is 65.4 Å². The molecule has 0 amide bonds. The van der Waals surface area contributed by atoms with Gasteiger partial charge in [-0.25, -0.2) is 0 Å². The summed E-state index contributed by atoms with van der Waals surface area (Å²) in [6.07, 6.45) is 0.869. The third-order valence-corrected chi connectivity index (χ3v) is 1.81. The predicted molar refractivity (Wildman–Crippen MR) is 43.3 cm³/mol. The van der Waals surface area contributed by atoms with E-state index in [0.29, 0.717) is 6.54 Å². The van der Waals surface area contributed by atoms with Gasteiger partial charge in [-0.3, -0.25) is 0 Å². The molecule has 0 unspecified atom stereocenters. The van der Waals surface area contributed by atoms with E-state index in [1.807, 2.05) is 13.0 Å². The molecule has 0 saturated heterocycles. The van der Waals surface area contributed by atoms with Gasteiger partial charge in [-0.15, -0.1) is 0 Å². The second-order valence-corrected chi connectivity index (χ2v) is 2.71. The lowest BCUT2D eigenvalue weighted by molar-refractivity contribution is 0.929. The lowest BCUT2D eigenvalue weighted by atomic mass is 10.3. The van der Waals surface area contributed by atoms with Crippen molar-refractivity contribution < 1.29 is 0 Å². The second kappa shape index (κ2) is 3.08. The van der Waals surface area contributed by atoms with Crippen molar-refractivity contribution in [1.29, 1.82) is 0 Å². The summed E-state index contributed by atoms with van der Waals surface area (Å²) in [4.78, 5) is 3.13. The van der Waals surface area contributed by atoms with Crippen molar-refractivity contribution >= 4 is 11.6 Å². The van der Waals surface area contributed by atoms with Gasteiger partial charge in [0.1, 0.15) is 0 Å². The van der Waals surface area contributed by atoms with Gasteiger partial charge in [0.2, 0.25) is 0 Å². The van der Waals surface area contributed by atoms with Crippen LogP contribution < -0.4 is 5.73 Å². The fraction of sp³-hybridized carbons (Fsp3) is 0.429. The van der Waals surface area contributed by atoms with E-state index in [-0.39, 0.29) is 0 Å². The lowest BCUT2D eigenvalue weighted by Crippen LogP contribution is -2.02. The minimum atomic E-state index is 0.663. The summed E-state index contributed by atoms with van der Waals surface area (Å²) in [5.41, 5.74) is 7.49. The van der Waals surface area contributed by atoms with Gasteiger partial charge in [0, 0.05) is 11.4 Å². The highest BCUT2D eigenvalue weighted by molar-refractivity contribution is 6.31. The number of H-pyrrole nitrogens is 1. The van der Waals surface area contributed by atoms with E-state index in [1.54, 1.807) is 0 Å². The third-order valence-electron chi connectivity index (χ3n) is 1.42. The van der Waals surface area contributed by atoms with Crippen LogP contribution in [-0.2, 0) is 6.42 Å². The number of aromatic nitrogens is 1. The summed E-state index contributed by atoms with van der Waals surface area (Å²) in [5, 5.41) is 0.795. The summed E-state index contributed by atoms with van der Waals surface area (Å²) in [6, 6.07) is 1.92. The summed E-state index contributed by atoms with van der Waals surface area (Å²) >= 11 is 5.79. The average molecular weight is 159 g/mol. The Balaban J connectivity index is 2.77. The highest BCUT2D eigenvalue weighted by Crippen LogP contribution is 2.15. The Hall–Kier alpha value is -0.470. The van der Waals surface area contributed by atoms with Gasteiger partial charge >= 0.3 is 0 Å². The topological polar surface area (TPSA) is 41.8 Å². The van der Waals surface area contributed by atoms with Crippen LogP contribution in [0.3, 0.4) is 0 Å². The minimum Gasteiger partial charge on any atom is -0.361 e. The Morgan fingerprint density at radius 3 is 2.80 bits per heavy atom. The number of hydrogen-bond donors (Lipinski definition) is 2. The molecular formula is C7H11ClN2. The van der Waals surface area contributed by atoms with E-state index < -0.39 is 0 Å². The molecule has 1 aromatic heterocycles. The van der Waals surface area contributed by atoms with Crippen molar-refractivity contribution in [3.8, 4) is 0 Å². The smallest absolute Gasteiger partial charge is 0.0612 e. The molecule has 0 aliphatic heterocycles. The molecule has 0 fully saturated rings. The molecule has 3 heteroatoms. The van der Waals surface area contributed by atoms with Crippen molar-refractivity contribution in [3.63, 3.8) is 0 Å². The zero-order valence-electron chi connectivity index (χ0n) is 5.95. The van der Waals surface area contributed by atoms with Crippen molar-refractivity contribution in [2.45, 2.75) is 13.3 Å². The first-order valence-electron chi connectivity index (χ1n) is 3.28. The highest BCUT2D eigenvalue weighted by Gasteiger charge is 1.99. The zero-order valence-corrected chi connectivity index (χ0v) is 6.70. The molecule has 0 aliphatic rings. The van der Waals surface area contributed by atoms with Gasteiger partial charge in [0.15, 0.2) is 0 Å². The Kier molecular flexibility index (Phi) is 2.35. The van der Waals surface area contributed by atoms with Crippen LogP contribution in [0.15, 0.2) is 6.07 Å². The lowest BCUT2D eigenvalue weighted by Gasteiger charge is -1.89. The van der Waals surface area contributed by atoms with Gasteiger partial charge in [-0.2, -0.15) is 0 Å². The van der Waals surface area contributed by atoms with Crippen LogP contribution in [0.5, 0.6) is 0 Å². The number of halogens is 1. The molecule has 0 aromatic carbocycles. The quantitative estimate of drug-likeness (QED) is 0.673. The van der Waals surface area contributed by atoms with Gasteiger partial charge in [-0.05, 0) is 26.0 Å². The number of nitrogens with one attached hydrogen (secondary N) is 1. The Bertz CT molecular complexity index is 198. The van der Waals surface area contributed by atoms with Gasteiger partial charge in [0.25, 0.3) is 0 Å². The standard InChI is InChI=1S/C7H11ClN2/c1-5-7(8)4-6(10-5)2-3-9/h4,10H,2-3,9H2,1H3. The highest BCUT2D eigenvalue weighted by atomic mass is 35.5. The van der Waals surface area contributed by atoms with Crippen LogP contribution in [0.25, 0.3) is 0 Å². The largest absolute Gasteiger partial charge is 0.361 e. The van der Waals surface area contributed by atoms with Crippen molar-refractivity contribution in [3.05, 3.63) is 22.5 Å². The maximum absolute atomic E-state index is 5.79. The first-order chi connectivity index (χ1) is 4.74. The van der Waals surface area contributed by atoms with Gasteiger partial charge in [-0.1, -0.05) is 11.6 Å². The van der Waals surface area contributed by atoms with Crippen LogP contribution >= 0.6 is 11.6 Å². The molecule has 2 nitrogen and oxygen atoms in total. The average Bonchev–Trinajstić information content (AvgIpc) is 2.14. The molecule has 10 heavy (non-hydrogen) atoms. The van der Waals surface area contributed by atoms with Crippen LogP contribution in [0.2, 0.25) is 5.02 Å². The first kappa shape index (κ1) is 7.63. The van der Waals surface area contributed by atoms with Crippen LogP contribution in [0.1, 0.15) is 11.4 Å². The van der Waals surface area contributed by atoms with Crippen LogP contribution in [0.4, 0.5) is 0 Å². The SMILES string of the molecule is Cc1[nH]c(CCN)cc1Cl. The fourth-order valence-corrected chi connectivity index (χ4v) is 1.07. The first-order valence-corrected chi connectivity index (χ1v) is 3.66. The minimum absolute atomic E-state index is 0.663. The fourth-order valence-electron chi connectivity index (χ4n) is 0.888. The number of rotatable bonds is 2. The van der Waals surface area contributed by atoms with Gasteiger partial charge < -0.3 is 10.7 Å². The number of aromatic amines is 1. The van der Waals surface area contributed by atoms with E-state index in [4.69, 9.17) is 17.3 Å². The van der Waals surface area contributed by atoms with Crippen molar-refractivity contribution in [2.24, 2.45) is 5.73 Å². The summed E-state index contributed by atoms with van der Waals surface area (Å²) < 4.78 is 0. The van der Waals surface area contributed by atoms with E-state index in [9.17, 15) is 0 Å². The number of nitrogens with two attached hydrogens (primary N) is 1. The summed E-state index contributed by atoms with van der Waals surface area (Å²) in [6.45, 7) is 2.61. The third kappa shape index (κ3) is 1.52. The van der Waals surface area contributed by atoms with E-state index in [2.05, 4.69) is 4.98 Å². The van der Waals surface area contributed by atoms with E-state index in [1.165, 1.54) is 0 Å². The maximum atomic E-state index is 5.79. The van der Waals surface area contributed by atoms with Crippen LogP contribution in [-0.4, -0.2) is 11.5 Å². The molecule has 0 spiro atoms. The molecule has 0 bridgehead atoms. The molecule has 0 saturated carbocycles. The molecule has 1 aromatic rings. The molecule has 0 aliphatic carbocycles. The molecule has 0 atom stereocenters. The Morgan fingerprint density at radius 2 is 2.40 bits per heavy atom. The van der Waals surface area contributed by atoms with Crippen molar-refractivity contribution in [2.75, 3.05) is 6.54 Å². The molecule has 3 N–H and O–H groups in total. The molecular weight excluding hydrogens is 148 g/mol. The molecule has 0 radical (unpaired) electrons. The molecule has 1 rings (SSSR count). The normalized spacial score (nSPS) is 10.3.